The molecule has 1 aromatic carbocycles. The summed E-state index contributed by atoms with van der Waals surface area (Å²) in [6.07, 6.45) is 5.42. The van der Waals surface area contributed by atoms with Crippen molar-refractivity contribution >= 4 is 5.91 Å². The van der Waals surface area contributed by atoms with E-state index >= 15 is 0 Å². The summed E-state index contributed by atoms with van der Waals surface area (Å²) >= 11 is 0. The van der Waals surface area contributed by atoms with Crippen molar-refractivity contribution in [3.8, 4) is 17.1 Å². The van der Waals surface area contributed by atoms with Gasteiger partial charge in [-0.1, -0.05) is 30.1 Å². The Kier molecular flexibility index (Phi) is 4.90. The molecule has 0 spiro atoms. The predicted octanol–water partition coefficient (Wildman–Crippen LogP) is 2.74. The number of ether oxygens (including phenoxy) is 1. The Morgan fingerprint density at radius 1 is 1.39 bits per heavy atom. The number of hydrogen-bond acceptors (Lipinski definition) is 5. The van der Waals surface area contributed by atoms with Gasteiger partial charge in [-0.3, -0.25) is 4.79 Å². The van der Waals surface area contributed by atoms with Gasteiger partial charge in [-0.05, 0) is 25.0 Å². The number of aromatic nitrogens is 2. The highest BCUT2D eigenvalue weighted by molar-refractivity contribution is 5.76. The molecule has 0 saturated heterocycles. The van der Waals surface area contributed by atoms with Crippen molar-refractivity contribution in [2.75, 3.05) is 7.11 Å². The largest absolute Gasteiger partial charge is 0.497 e. The Labute approximate surface area is 135 Å². The SMILES string of the molecule is COc1cccc(-c2noc(CCC(=O)NC3CCCC3)n2)c1. The zero-order valence-electron chi connectivity index (χ0n) is 13.2. The molecule has 1 aromatic heterocycles. The molecule has 1 aliphatic carbocycles. The molecule has 0 aliphatic heterocycles. The van der Waals surface area contributed by atoms with E-state index in [2.05, 4.69) is 15.5 Å². The third-order valence-electron chi connectivity index (χ3n) is 4.08. The van der Waals surface area contributed by atoms with Crippen molar-refractivity contribution in [1.82, 2.24) is 15.5 Å². The summed E-state index contributed by atoms with van der Waals surface area (Å²) in [5.74, 6) is 1.78. The number of hydrogen-bond donors (Lipinski definition) is 1. The van der Waals surface area contributed by atoms with Crippen LogP contribution in [0.15, 0.2) is 28.8 Å². The minimum absolute atomic E-state index is 0.0537. The summed E-state index contributed by atoms with van der Waals surface area (Å²) in [4.78, 5) is 16.3. The van der Waals surface area contributed by atoms with E-state index in [-0.39, 0.29) is 5.91 Å². The summed E-state index contributed by atoms with van der Waals surface area (Å²) < 4.78 is 10.4. The maximum absolute atomic E-state index is 11.9. The number of carbonyl (C=O) groups excluding carboxylic acids is 1. The fourth-order valence-corrected chi connectivity index (χ4v) is 2.83. The monoisotopic (exact) mass is 315 g/mol. The van der Waals surface area contributed by atoms with E-state index in [0.29, 0.717) is 30.6 Å². The number of carbonyl (C=O) groups is 1. The minimum atomic E-state index is 0.0537. The Balaban J connectivity index is 1.55. The van der Waals surface area contributed by atoms with E-state index in [0.717, 1.165) is 24.2 Å². The minimum Gasteiger partial charge on any atom is -0.497 e. The standard InChI is InChI=1S/C17H21N3O3/c1-22-14-8-4-5-12(11-14)17-19-16(23-20-17)10-9-15(21)18-13-6-2-3-7-13/h4-5,8,11,13H,2-3,6-7,9-10H2,1H3,(H,18,21). The maximum atomic E-state index is 11.9. The lowest BCUT2D eigenvalue weighted by Gasteiger charge is -2.10. The normalized spacial score (nSPS) is 14.8. The average Bonchev–Trinajstić information content (AvgIpc) is 3.24. The highest BCUT2D eigenvalue weighted by Crippen LogP contribution is 2.21. The second-order valence-corrected chi connectivity index (χ2v) is 5.79. The Morgan fingerprint density at radius 3 is 3.00 bits per heavy atom. The van der Waals surface area contributed by atoms with Crippen LogP contribution < -0.4 is 10.1 Å². The van der Waals surface area contributed by atoms with Crippen LogP contribution in [0.2, 0.25) is 0 Å². The summed E-state index contributed by atoms with van der Waals surface area (Å²) in [5, 5.41) is 7.03. The van der Waals surface area contributed by atoms with Crippen LogP contribution in [0.3, 0.4) is 0 Å². The van der Waals surface area contributed by atoms with Gasteiger partial charge in [-0.2, -0.15) is 4.98 Å². The summed E-state index contributed by atoms with van der Waals surface area (Å²) in [6, 6.07) is 7.82. The third-order valence-corrected chi connectivity index (χ3v) is 4.08. The molecule has 0 atom stereocenters. The van der Waals surface area contributed by atoms with Crippen molar-refractivity contribution in [3.05, 3.63) is 30.2 Å². The second-order valence-electron chi connectivity index (χ2n) is 5.79. The molecule has 0 radical (unpaired) electrons. The van der Waals surface area contributed by atoms with Gasteiger partial charge in [0.25, 0.3) is 0 Å². The molecule has 2 aromatic rings. The van der Waals surface area contributed by atoms with Crippen LogP contribution in [0.4, 0.5) is 0 Å². The fourth-order valence-electron chi connectivity index (χ4n) is 2.83. The smallest absolute Gasteiger partial charge is 0.227 e. The van der Waals surface area contributed by atoms with Gasteiger partial charge in [-0.15, -0.1) is 0 Å². The van der Waals surface area contributed by atoms with Crippen molar-refractivity contribution in [3.63, 3.8) is 0 Å². The van der Waals surface area contributed by atoms with Crippen molar-refractivity contribution in [2.45, 2.75) is 44.6 Å². The molecule has 1 heterocycles. The van der Waals surface area contributed by atoms with Crippen LogP contribution >= 0.6 is 0 Å². The highest BCUT2D eigenvalue weighted by atomic mass is 16.5. The number of nitrogens with one attached hydrogen (secondary N) is 1. The topological polar surface area (TPSA) is 77.2 Å². The van der Waals surface area contributed by atoms with E-state index in [1.54, 1.807) is 7.11 Å². The lowest BCUT2D eigenvalue weighted by molar-refractivity contribution is -0.121. The van der Waals surface area contributed by atoms with Crippen LogP contribution in [0, 0.1) is 0 Å². The number of nitrogens with zero attached hydrogens (tertiary/aromatic N) is 2. The van der Waals surface area contributed by atoms with Crippen molar-refractivity contribution in [1.29, 1.82) is 0 Å². The second kappa shape index (κ2) is 7.26. The molecule has 1 saturated carbocycles. The Morgan fingerprint density at radius 2 is 2.22 bits per heavy atom. The van der Waals surface area contributed by atoms with Gasteiger partial charge in [0.05, 0.1) is 7.11 Å². The molecule has 23 heavy (non-hydrogen) atoms. The van der Waals surface area contributed by atoms with Crippen LogP contribution in [-0.4, -0.2) is 29.2 Å². The van der Waals surface area contributed by atoms with E-state index < -0.39 is 0 Å². The fraction of sp³-hybridized carbons (Fsp3) is 0.471. The molecule has 3 rings (SSSR count). The number of methoxy groups -OCH3 is 1. The van der Waals surface area contributed by atoms with Crippen LogP contribution in [-0.2, 0) is 11.2 Å². The predicted molar refractivity (Wildman–Crippen MR) is 85.0 cm³/mol. The number of amides is 1. The van der Waals surface area contributed by atoms with Gasteiger partial charge in [0.2, 0.25) is 17.6 Å². The van der Waals surface area contributed by atoms with Crippen LogP contribution in [0.25, 0.3) is 11.4 Å². The zero-order valence-corrected chi connectivity index (χ0v) is 13.2. The molecule has 6 heteroatoms. The first-order valence-corrected chi connectivity index (χ1v) is 8.01. The summed E-state index contributed by atoms with van der Waals surface area (Å²) in [5.41, 5.74) is 0.828. The maximum Gasteiger partial charge on any atom is 0.227 e. The van der Waals surface area contributed by atoms with E-state index in [1.165, 1.54) is 12.8 Å². The zero-order chi connectivity index (χ0) is 16.1. The lowest BCUT2D eigenvalue weighted by Crippen LogP contribution is -2.32. The van der Waals surface area contributed by atoms with Gasteiger partial charge in [-0.25, -0.2) is 0 Å². The van der Waals surface area contributed by atoms with E-state index in [1.807, 2.05) is 24.3 Å². The van der Waals surface area contributed by atoms with Gasteiger partial charge in [0, 0.05) is 24.4 Å². The number of aryl methyl sites for hydroxylation is 1. The molecule has 1 amide bonds. The van der Waals surface area contributed by atoms with Crippen molar-refractivity contribution < 1.29 is 14.1 Å². The number of benzene rings is 1. The first-order valence-electron chi connectivity index (χ1n) is 8.01. The summed E-state index contributed by atoms with van der Waals surface area (Å²) in [7, 11) is 1.61. The third kappa shape index (κ3) is 4.09. The molecule has 1 fully saturated rings. The molecule has 122 valence electrons. The molecular weight excluding hydrogens is 294 g/mol. The molecule has 1 aliphatic rings. The number of rotatable bonds is 6. The van der Waals surface area contributed by atoms with Gasteiger partial charge in [0.15, 0.2) is 0 Å². The van der Waals surface area contributed by atoms with Crippen molar-refractivity contribution in [2.24, 2.45) is 0 Å². The molecular formula is C17H21N3O3. The van der Waals surface area contributed by atoms with Gasteiger partial charge >= 0.3 is 0 Å². The average molecular weight is 315 g/mol. The highest BCUT2D eigenvalue weighted by Gasteiger charge is 2.17. The quantitative estimate of drug-likeness (QED) is 0.887. The molecule has 1 N–H and O–H groups in total. The molecule has 6 nitrogen and oxygen atoms in total. The van der Waals surface area contributed by atoms with E-state index in [4.69, 9.17) is 9.26 Å². The summed E-state index contributed by atoms with van der Waals surface area (Å²) in [6.45, 7) is 0. The van der Waals surface area contributed by atoms with E-state index in [9.17, 15) is 4.79 Å². The van der Waals surface area contributed by atoms with Crippen LogP contribution in [0.1, 0.15) is 38.0 Å². The molecule has 0 bridgehead atoms. The first kappa shape index (κ1) is 15.5. The Hall–Kier alpha value is -2.37. The van der Waals surface area contributed by atoms with Gasteiger partial charge < -0.3 is 14.6 Å². The Bertz CT molecular complexity index is 663. The lowest BCUT2D eigenvalue weighted by atomic mass is 10.2. The first-order chi connectivity index (χ1) is 11.2. The molecule has 0 unspecified atom stereocenters. The van der Waals surface area contributed by atoms with Crippen LogP contribution in [0.5, 0.6) is 5.75 Å². The van der Waals surface area contributed by atoms with Gasteiger partial charge in [0.1, 0.15) is 5.75 Å².